The zero-order valence-electron chi connectivity index (χ0n) is 16.9. The second-order valence-corrected chi connectivity index (χ2v) is 7.59. The van der Waals surface area contributed by atoms with E-state index in [2.05, 4.69) is 0 Å². The molecule has 8 heteroatoms. The van der Waals surface area contributed by atoms with E-state index in [0.29, 0.717) is 21.8 Å². The molecule has 0 heterocycles. The summed E-state index contributed by atoms with van der Waals surface area (Å²) in [5.41, 5.74) is 6.38. The molecule has 0 aliphatic carbocycles. The van der Waals surface area contributed by atoms with E-state index < -0.39 is 29.5 Å². The maximum Gasteiger partial charge on any atom is 0.416 e. The number of carbonyl (C=O) groups is 2. The summed E-state index contributed by atoms with van der Waals surface area (Å²) < 4.78 is 38.4. The molecule has 3 aromatic rings. The fraction of sp³-hybridized carbons (Fsp3) is 0.167. The summed E-state index contributed by atoms with van der Waals surface area (Å²) in [7, 11) is 0. The van der Waals surface area contributed by atoms with Crippen LogP contribution in [0.15, 0.2) is 78.9 Å². The van der Waals surface area contributed by atoms with Crippen molar-refractivity contribution < 1.29 is 22.8 Å². The Morgan fingerprint density at radius 2 is 1.50 bits per heavy atom. The Bertz CT molecular complexity index is 1070. The molecule has 3 rings (SSSR count). The summed E-state index contributed by atoms with van der Waals surface area (Å²) in [6.07, 6.45) is -4.15. The van der Waals surface area contributed by atoms with Crippen molar-refractivity contribution in [3.63, 3.8) is 0 Å². The van der Waals surface area contributed by atoms with Crippen molar-refractivity contribution in [1.29, 1.82) is 0 Å². The zero-order valence-corrected chi connectivity index (χ0v) is 17.6. The molecule has 4 nitrogen and oxygen atoms in total. The first-order valence-electron chi connectivity index (χ1n) is 9.74. The van der Waals surface area contributed by atoms with Crippen molar-refractivity contribution in [2.75, 3.05) is 11.4 Å². The molecule has 0 saturated carbocycles. The van der Waals surface area contributed by atoms with Gasteiger partial charge in [0.2, 0.25) is 11.8 Å². The highest BCUT2D eigenvalue weighted by atomic mass is 35.5. The van der Waals surface area contributed by atoms with Gasteiger partial charge >= 0.3 is 6.18 Å². The normalized spacial score (nSPS) is 12.2. The summed E-state index contributed by atoms with van der Waals surface area (Å²) >= 11 is 5.96. The SMILES string of the molecule is NC(=O)C(C(=O)N(CCc1ccc(C(F)(F)F)cc1)c1ccc(Cl)cc1)c1ccccc1. The number of benzene rings is 3. The summed E-state index contributed by atoms with van der Waals surface area (Å²) in [5, 5.41) is 0.471. The maximum absolute atomic E-state index is 13.4. The van der Waals surface area contributed by atoms with Gasteiger partial charge in [-0.2, -0.15) is 13.2 Å². The third-order valence-corrected chi connectivity index (χ3v) is 5.23. The molecule has 2 N–H and O–H groups in total. The van der Waals surface area contributed by atoms with Gasteiger partial charge in [-0.15, -0.1) is 0 Å². The average Bonchev–Trinajstić information content (AvgIpc) is 2.75. The first-order valence-corrected chi connectivity index (χ1v) is 10.1. The van der Waals surface area contributed by atoms with E-state index in [1.54, 1.807) is 54.6 Å². The highest BCUT2D eigenvalue weighted by molar-refractivity contribution is 6.30. The minimum Gasteiger partial charge on any atom is -0.369 e. The predicted molar refractivity (Wildman–Crippen MR) is 117 cm³/mol. The Morgan fingerprint density at radius 3 is 2.03 bits per heavy atom. The third-order valence-electron chi connectivity index (χ3n) is 4.97. The van der Waals surface area contributed by atoms with Crippen LogP contribution in [0.2, 0.25) is 5.02 Å². The van der Waals surface area contributed by atoms with E-state index in [1.807, 2.05) is 0 Å². The van der Waals surface area contributed by atoms with Gasteiger partial charge in [-0.05, 0) is 53.9 Å². The van der Waals surface area contributed by atoms with Gasteiger partial charge in [0.05, 0.1) is 5.56 Å². The molecule has 0 aliphatic rings. The molecule has 0 radical (unpaired) electrons. The van der Waals surface area contributed by atoms with Crippen molar-refractivity contribution >= 4 is 29.1 Å². The van der Waals surface area contributed by atoms with E-state index in [9.17, 15) is 22.8 Å². The number of halogens is 4. The minimum absolute atomic E-state index is 0.127. The van der Waals surface area contributed by atoms with Crippen molar-refractivity contribution in [3.05, 3.63) is 101 Å². The molecule has 0 aliphatic heterocycles. The van der Waals surface area contributed by atoms with Crippen LogP contribution in [0.1, 0.15) is 22.6 Å². The van der Waals surface area contributed by atoms with Gasteiger partial charge in [0.25, 0.3) is 0 Å². The molecule has 0 aromatic heterocycles. The molecular formula is C24H20ClF3N2O2. The Kier molecular flexibility index (Phi) is 7.20. The van der Waals surface area contributed by atoms with Crippen molar-refractivity contribution in [2.24, 2.45) is 5.73 Å². The van der Waals surface area contributed by atoms with Crippen LogP contribution in [-0.4, -0.2) is 18.4 Å². The number of hydrogen-bond donors (Lipinski definition) is 1. The van der Waals surface area contributed by atoms with E-state index in [1.165, 1.54) is 17.0 Å². The highest BCUT2D eigenvalue weighted by Crippen LogP contribution is 2.29. The number of carbonyl (C=O) groups excluding carboxylic acids is 2. The lowest BCUT2D eigenvalue weighted by Gasteiger charge is -2.27. The van der Waals surface area contributed by atoms with Gasteiger partial charge < -0.3 is 10.6 Å². The Morgan fingerprint density at radius 1 is 0.906 bits per heavy atom. The number of anilines is 1. The Hall–Kier alpha value is -3.32. The van der Waals surface area contributed by atoms with Gasteiger partial charge in [0, 0.05) is 17.3 Å². The van der Waals surface area contributed by atoms with Crippen LogP contribution in [0.25, 0.3) is 0 Å². The van der Waals surface area contributed by atoms with Crippen LogP contribution in [0, 0.1) is 0 Å². The first-order chi connectivity index (χ1) is 15.2. The second kappa shape index (κ2) is 9.87. The Balaban J connectivity index is 1.89. The third kappa shape index (κ3) is 5.68. The second-order valence-electron chi connectivity index (χ2n) is 7.16. The van der Waals surface area contributed by atoms with Crippen molar-refractivity contribution in [1.82, 2.24) is 0 Å². The van der Waals surface area contributed by atoms with E-state index in [0.717, 1.165) is 12.1 Å². The molecule has 2 amide bonds. The molecule has 166 valence electrons. The summed E-state index contributed by atoms with van der Waals surface area (Å²) in [5.74, 6) is -2.54. The van der Waals surface area contributed by atoms with Crippen molar-refractivity contribution in [2.45, 2.75) is 18.5 Å². The van der Waals surface area contributed by atoms with Crippen LogP contribution in [0.3, 0.4) is 0 Å². The molecule has 32 heavy (non-hydrogen) atoms. The standard InChI is InChI=1S/C24H20ClF3N2O2/c25-19-10-12-20(13-11-19)30(15-14-16-6-8-18(9-7-16)24(26,27)28)23(32)21(22(29)31)17-4-2-1-3-5-17/h1-13,21H,14-15H2,(H2,29,31). The molecule has 0 saturated heterocycles. The number of amides is 2. The fourth-order valence-electron chi connectivity index (χ4n) is 3.32. The number of primary amides is 1. The van der Waals surface area contributed by atoms with E-state index >= 15 is 0 Å². The zero-order chi connectivity index (χ0) is 23.3. The quantitative estimate of drug-likeness (QED) is 0.492. The molecule has 0 spiro atoms. The molecule has 3 aromatic carbocycles. The van der Waals surface area contributed by atoms with Crippen LogP contribution in [0.5, 0.6) is 0 Å². The molecule has 0 bridgehead atoms. The van der Waals surface area contributed by atoms with Gasteiger partial charge in [0.15, 0.2) is 0 Å². The van der Waals surface area contributed by atoms with E-state index in [-0.39, 0.29) is 13.0 Å². The lowest BCUT2D eigenvalue weighted by Crippen LogP contribution is -2.41. The fourth-order valence-corrected chi connectivity index (χ4v) is 3.44. The number of nitrogens with two attached hydrogens (primary N) is 1. The number of rotatable bonds is 7. The number of hydrogen-bond acceptors (Lipinski definition) is 2. The maximum atomic E-state index is 13.4. The van der Waals surface area contributed by atoms with Crippen LogP contribution >= 0.6 is 11.6 Å². The number of nitrogens with zero attached hydrogens (tertiary/aromatic N) is 1. The van der Waals surface area contributed by atoms with Gasteiger partial charge in [-0.25, -0.2) is 0 Å². The van der Waals surface area contributed by atoms with Crippen LogP contribution in [0.4, 0.5) is 18.9 Å². The van der Waals surface area contributed by atoms with Crippen LogP contribution < -0.4 is 10.6 Å². The Labute approximate surface area is 188 Å². The largest absolute Gasteiger partial charge is 0.416 e. The molecule has 1 unspecified atom stereocenters. The minimum atomic E-state index is -4.42. The van der Waals surface area contributed by atoms with Gasteiger partial charge in [-0.1, -0.05) is 54.1 Å². The highest BCUT2D eigenvalue weighted by Gasteiger charge is 2.32. The first kappa shape index (κ1) is 23.3. The smallest absolute Gasteiger partial charge is 0.369 e. The van der Waals surface area contributed by atoms with Gasteiger partial charge in [0.1, 0.15) is 5.92 Å². The number of alkyl halides is 3. The molecule has 1 atom stereocenters. The van der Waals surface area contributed by atoms with Crippen molar-refractivity contribution in [3.8, 4) is 0 Å². The van der Waals surface area contributed by atoms with E-state index in [4.69, 9.17) is 17.3 Å². The topological polar surface area (TPSA) is 63.4 Å². The lowest BCUT2D eigenvalue weighted by atomic mass is 9.96. The lowest BCUT2D eigenvalue weighted by molar-refractivity contribution is -0.137. The summed E-state index contributed by atoms with van der Waals surface area (Å²) in [6.45, 7) is 0.127. The molecule has 0 fully saturated rings. The molecular weight excluding hydrogens is 441 g/mol. The predicted octanol–water partition coefficient (Wildman–Crippen LogP) is 5.20. The average molecular weight is 461 g/mol. The summed E-state index contributed by atoms with van der Waals surface area (Å²) in [6, 6.07) is 19.7. The monoisotopic (exact) mass is 460 g/mol. The van der Waals surface area contributed by atoms with Crippen LogP contribution in [-0.2, 0) is 22.2 Å². The summed E-state index contributed by atoms with van der Waals surface area (Å²) in [4.78, 5) is 27.0. The van der Waals surface area contributed by atoms with Gasteiger partial charge in [-0.3, -0.25) is 9.59 Å².